The standard InChI is InChI=1S/C27H46N4O10/c1-2-12-28-24(34)18-41-16-15-40-14-13-29-23(33)11-10-21(27(38)39)31-26(37)20-8-6-19(7-9-20)17-30-22(32)4-3-5-25(35)36/h19-21H,2-18H2,1H3,(H,28,34)(H,29,33)(H,30,32)(H,31,37)(H,35,36)(H,38,39). The van der Waals surface area contributed by atoms with Crippen molar-refractivity contribution in [2.75, 3.05) is 46.1 Å². The Labute approximate surface area is 240 Å². The van der Waals surface area contributed by atoms with Crippen molar-refractivity contribution in [1.29, 1.82) is 0 Å². The highest BCUT2D eigenvalue weighted by Crippen LogP contribution is 2.28. The second-order valence-corrected chi connectivity index (χ2v) is 10.1. The van der Waals surface area contributed by atoms with Crippen LogP contribution in [0.5, 0.6) is 0 Å². The summed E-state index contributed by atoms with van der Waals surface area (Å²) in [5.74, 6) is -3.37. The SMILES string of the molecule is CCCNC(=O)COCCOCCNC(=O)CCC(NC(=O)C1CCC(CNC(=O)CCCC(=O)O)CC1)C(=O)O. The Morgan fingerprint density at radius 3 is 2.10 bits per heavy atom. The summed E-state index contributed by atoms with van der Waals surface area (Å²) in [5, 5.41) is 28.8. The van der Waals surface area contributed by atoms with Crippen LogP contribution in [0.3, 0.4) is 0 Å². The smallest absolute Gasteiger partial charge is 0.326 e. The summed E-state index contributed by atoms with van der Waals surface area (Å²) >= 11 is 0. The molecule has 1 rings (SSSR count). The van der Waals surface area contributed by atoms with Crippen LogP contribution < -0.4 is 21.3 Å². The molecule has 1 aliphatic rings. The predicted molar refractivity (Wildman–Crippen MR) is 147 cm³/mol. The lowest BCUT2D eigenvalue weighted by Crippen LogP contribution is -2.45. The van der Waals surface area contributed by atoms with Gasteiger partial charge in [0.1, 0.15) is 12.6 Å². The van der Waals surface area contributed by atoms with Crippen LogP contribution in [0, 0.1) is 11.8 Å². The van der Waals surface area contributed by atoms with E-state index in [1.165, 1.54) is 0 Å². The molecule has 14 nitrogen and oxygen atoms in total. The van der Waals surface area contributed by atoms with Gasteiger partial charge in [0.25, 0.3) is 0 Å². The second-order valence-electron chi connectivity index (χ2n) is 10.1. The molecule has 0 heterocycles. The number of carboxylic acid groups (broad SMARTS) is 2. The van der Waals surface area contributed by atoms with Gasteiger partial charge in [-0.25, -0.2) is 4.79 Å². The van der Waals surface area contributed by atoms with Crippen LogP contribution in [0.1, 0.15) is 71.1 Å². The van der Waals surface area contributed by atoms with Crippen molar-refractivity contribution in [3.05, 3.63) is 0 Å². The Balaban J connectivity index is 2.19. The molecule has 4 amide bonds. The lowest BCUT2D eigenvalue weighted by molar-refractivity contribution is -0.143. The highest BCUT2D eigenvalue weighted by atomic mass is 16.5. The van der Waals surface area contributed by atoms with Crippen molar-refractivity contribution in [3.63, 3.8) is 0 Å². The van der Waals surface area contributed by atoms with E-state index < -0.39 is 18.0 Å². The Morgan fingerprint density at radius 2 is 1.44 bits per heavy atom. The molecule has 0 saturated heterocycles. The average molecular weight is 587 g/mol. The molecule has 0 bridgehead atoms. The number of carboxylic acids is 2. The van der Waals surface area contributed by atoms with Crippen molar-refractivity contribution in [1.82, 2.24) is 21.3 Å². The molecule has 0 aliphatic heterocycles. The van der Waals surface area contributed by atoms with E-state index in [0.29, 0.717) is 38.8 Å². The molecule has 1 saturated carbocycles. The lowest BCUT2D eigenvalue weighted by Gasteiger charge is -2.28. The van der Waals surface area contributed by atoms with Gasteiger partial charge >= 0.3 is 11.9 Å². The molecule has 41 heavy (non-hydrogen) atoms. The van der Waals surface area contributed by atoms with E-state index in [-0.39, 0.29) is 101 Å². The monoisotopic (exact) mass is 586 g/mol. The van der Waals surface area contributed by atoms with Gasteiger partial charge in [-0.05, 0) is 50.9 Å². The zero-order chi connectivity index (χ0) is 30.5. The summed E-state index contributed by atoms with van der Waals surface area (Å²) in [5.41, 5.74) is 0. The second kappa shape index (κ2) is 21.5. The van der Waals surface area contributed by atoms with Gasteiger partial charge in [-0.3, -0.25) is 24.0 Å². The predicted octanol–water partition coefficient (Wildman–Crippen LogP) is 0.189. The quantitative estimate of drug-likeness (QED) is 0.0948. The van der Waals surface area contributed by atoms with Crippen LogP contribution in [-0.4, -0.2) is 97.9 Å². The number of amides is 4. The van der Waals surface area contributed by atoms with Gasteiger partial charge in [0.15, 0.2) is 0 Å². The third kappa shape index (κ3) is 17.9. The maximum atomic E-state index is 12.7. The first kappa shape index (κ1) is 35.8. The van der Waals surface area contributed by atoms with Crippen molar-refractivity contribution in [2.45, 2.75) is 77.2 Å². The third-order valence-corrected chi connectivity index (χ3v) is 6.62. The topological polar surface area (TPSA) is 209 Å². The van der Waals surface area contributed by atoms with Gasteiger partial charge in [-0.15, -0.1) is 0 Å². The number of aliphatic carboxylic acids is 2. The maximum Gasteiger partial charge on any atom is 0.326 e. The minimum absolute atomic E-state index is 0.0406. The van der Waals surface area contributed by atoms with Crippen molar-refractivity contribution in [2.24, 2.45) is 11.8 Å². The van der Waals surface area contributed by atoms with Crippen LogP contribution in [0.15, 0.2) is 0 Å². The number of ether oxygens (including phenoxy) is 2. The molecule has 0 aromatic rings. The molecule has 1 aliphatic carbocycles. The van der Waals surface area contributed by atoms with Crippen molar-refractivity contribution >= 4 is 35.6 Å². The van der Waals surface area contributed by atoms with Crippen molar-refractivity contribution in [3.8, 4) is 0 Å². The third-order valence-electron chi connectivity index (χ3n) is 6.62. The first-order valence-corrected chi connectivity index (χ1v) is 14.3. The first-order chi connectivity index (χ1) is 19.6. The molecule has 14 heteroatoms. The summed E-state index contributed by atoms with van der Waals surface area (Å²) < 4.78 is 10.5. The molecule has 234 valence electrons. The minimum Gasteiger partial charge on any atom is -0.481 e. The van der Waals surface area contributed by atoms with Gasteiger partial charge < -0.3 is 41.0 Å². The van der Waals surface area contributed by atoms with Gasteiger partial charge in [0.05, 0.1) is 19.8 Å². The van der Waals surface area contributed by atoms with E-state index in [2.05, 4.69) is 21.3 Å². The normalized spacial score (nSPS) is 17.2. The molecule has 0 radical (unpaired) electrons. The zero-order valence-electron chi connectivity index (χ0n) is 23.9. The Hall–Kier alpha value is -3.26. The summed E-state index contributed by atoms with van der Waals surface area (Å²) in [7, 11) is 0. The molecule has 0 spiro atoms. The number of hydrogen-bond donors (Lipinski definition) is 6. The van der Waals surface area contributed by atoms with E-state index in [9.17, 15) is 33.9 Å². The fourth-order valence-electron chi connectivity index (χ4n) is 4.25. The van der Waals surface area contributed by atoms with Gasteiger partial charge in [-0.2, -0.15) is 0 Å². The zero-order valence-corrected chi connectivity index (χ0v) is 23.9. The summed E-state index contributed by atoms with van der Waals surface area (Å²) in [6.07, 6.45) is 3.65. The number of hydrogen-bond acceptors (Lipinski definition) is 8. The molecule has 1 unspecified atom stereocenters. The number of rotatable bonds is 22. The Morgan fingerprint density at radius 1 is 0.780 bits per heavy atom. The molecule has 0 aromatic carbocycles. The molecular weight excluding hydrogens is 540 g/mol. The van der Waals surface area contributed by atoms with E-state index in [4.69, 9.17) is 14.6 Å². The molecular formula is C27H46N4O10. The minimum atomic E-state index is -1.21. The van der Waals surface area contributed by atoms with Crippen LogP contribution in [-0.2, 0) is 38.2 Å². The van der Waals surface area contributed by atoms with Crippen LogP contribution in [0.25, 0.3) is 0 Å². The van der Waals surface area contributed by atoms with E-state index >= 15 is 0 Å². The van der Waals surface area contributed by atoms with E-state index in [0.717, 1.165) is 6.42 Å². The fourth-order valence-corrected chi connectivity index (χ4v) is 4.25. The summed E-state index contributed by atoms with van der Waals surface area (Å²) in [6, 6.07) is -1.18. The van der Waals surface area contributed by atoms with Gasteiger partial charge in [0.2, 0.25) is 23.6 Å². The highest BCUT2D eigenvalue weighted by Gasteiger charge is 2.29. The molecule has 0 aromatic heterocycles. The molecule has 1 atom stereocenters. The van der Waals surface area contributed by atoms with Gasteiger partial charge in [0, 0.05) is 44.8 Å². The number of nitrogens with one attached hydrogen (secondary N) is 4. The van der Waals surface area contributed by atoms with E-state index in [1.54, 1.807) is 0 Å². The molecule has 6 N–H and O–H groups in total. The van der Waals surface area contributed by atoms with Crippen molar-refractivity contribution < 1.29 is 48.5 Å². The van der Waals surface area contributed by atoms with Crippen LogP contribution in [0.4, 0.5) is 0 Å². The lowest BCUT2D eigenvalue weighted by atomic mass is 9.81. The van der Waals surface area contributed by atoms with Crippen LogP contribution >= 0.6 is 0 Å². The Kier molecular flexibility index (Phi) is 18.7. The van der Waals surface area contributed by atoms with Crippen LogP contribution in [0.2, 0.25) is 0 Å². The average Bonchev–Trinajstić information content (AvgIpc) is 2.94. The first-order valence-electron chi connectivity index (χ1n) is 14.3. The largest absolute Gasteiger partial charge is 0.481 e. The van der Waals surface area contributed by atoms with Gasteiger partial charge in [-0.1, -0.05) is 6.92 Å². The fraction of sp³-hybridized carbons (Fsp3) is 0.778. The van der Waals surface area contributed by atoms with E-state index in [1.807, 2.05) is 6.92 Å². The maximum absolute atomic E-state index is 12.7. The number of carbonyl (C=O) groups excluding carboxylic acids is 4. The summed E-state index contributed by atoms with van der Waals surface area (Å²) in [6.45, 7) is 3.93. The summed E-state index contributed by atoms with van der Waals surface area (Å²) in [4.78, 5) is 70.1. The molecule has 1 fully saturated rings. The highest BCUT2D eigenvalue weighted by molar-refractivity contribution is 5.85. The number of carbonyl (C=O) groups is 6. The Bertz CT molecular complexity index is 846.